The van der Waals surface area contributed by atoms with Crippen LogP contribution in [0.15, 0.2) is 22.7 Å². The number of benzene rings is 1. The monoisotopic (exact) mass is 353 g/mol. The summed E-state index contributed by atoms with van der Waals surface area (Å²) >= 11 is 3.55. The van der Waals surface area contributed by atoms with Gasteiger partial charge in [0.2, 0.25) is 0 Å². The van der Waals surface area contributed by atoms with E-state index in [0.717, 1.165) is 35.4 Å². The molecular weight excluding hydrogens is 326 g/mol. The normalized spacial score (nSPS) is 25.8. The van der Waals surface area contributed by atoms with Crippen molar-refractivity contribution in [1.82, 2.24) is 0 Å². The second-order valence-corrected chi connectivity index (χ2v) is 7.50. The molecule has 118 valence electrons. The number of methoxy groups -OCH3 is 1. The first-order valence-electron chi connectivity index (χ1n) is 8.17. The summed E-state index contributed by atoms with van der Waals surface area (Å²) in [5.41, 5.74) is 7.85. The number of ether oxygens (including phenoxy) is 1. The maximum Gasteiger partial charge on any atom is 0.122 e. The summed E-state index contributed by atoms with van der Waals surface area (Å²) in [6.07, 6.45) is 9.80. The zero-order valence-electron chi connectivity index (χ0n) is 13.3. The Hall–Kier alpha value is -0.540. The van der Waals surface area contributed by atoms with Gasteiger partial charge in [-0.1, -0.05) is 42.1 Å². The summed E-state index contributed by atoms with van der Waals surface area (Å²) in [7, 11) is 1.73. The van der Waals surface area contributed by atoms with Crippen LogP contribution in [0, 0.1) is 5.92 Å². The van der Waals surface area contributed by atoms with Gasteiger partial charge < -0.3 is 10.5 Å². The van der Waals surface area contributed by atoms with Crippen molar-refractivity contribution in [2.45, 2.75) is 63.8 Å². The molecule has 0 heterocycles. The molecule has 3 heteroatoms. The van der Waals surface area contributed by atoms with Gasteiger partial charge in [-0.05, 0) is 61.8 Å². The molecule has 0 bridgehead atoms. The van der Waals surface area contributed by atoms with Crippen LogP contribution in [0.2, 0.25) is 0 Å². The average molecular weight is 354 g/mol. The fourth-order valence-corrected chi connectivity index (χ4v) is 3.88. The molecule has 1 aliphatic carbocycles. The molecule has 1 aliphatic rings. The van der Waals surface area contributed by atoms with Crippen molar-refractivity contribution in [1.29, 1.82) is 0 Å². The van der Waals surface area contributed by atoms with Crippen LogP contribution in [0.4, 0.5) is 0 Å². The molecule has 0 atom stereocenters. The molecule has 0 radical (unpaired) electrons. The topological polar surface area (TPSA) is 35.2 Å². The molecule has 2 rings (SSSR count). The Labute approximate surface area is 137 Å². The highest BCUT2D eigenvalue weighted by atomic mass is 79.9. The molecule has 0 aromatic heterocycles. The largest absolute Gasteiger partial charge is 0.496 e. The molecular formula is C18H28BrNO. The van der Waals surface area contributed by atoms with Crippen molar-refractivity contribution in [3.05, 3.63) is 28.2 Å². The summed E-state index contributed by atoms with van der Waals surface area (Å²) in [4.78, 5) is 0. The molecule has 21 heavy (non-hydrogen) atoms. The van der Waals surface area contributed by atoms with E-state index in [1.807, 2.05) is 12.1 Å². The van der Waals surface area contributed by atoms with Gasteiger partial charge in [0.25, 0.3) is 0 Å². The molecule has 0 amide bonds. The maximum absolute atomic E-state index is 6.68. The Morgan fingerprint density at radius 1 is 1.33 bits per heavy atom. The van der Waals surface area contributed by atoms with E-state index in [-0.39, 0.29) is 5.54 Å². The van der Waals surface area contributed by atoms with Crippen molar-refractivity contribution < 1.29 is 4.74 Å². The highest BCUT2D eigenvalue weighted by molar-refractivity contribution is 9.10. The van der Waals surface area contributed by atoms with Crippen LogP contribution in [0.1, 0.15) is 57.4 Å². The average Bonchev–Trinajstić information content (AvgIpc) is 2.47. The van der Waals surface area contributed by atoms with Gasteiger partial charge in [-0.15, -0.1) is 0 Å². The molecule has 2 N–H and O–H groups in total. The summed E-state index contributed by atoms with van der Waals surface area (Å²) < 4.78 is 6.58. The molecule has 1 fully saturated rings. The van der Waals surface area contributed by atoms with Crippen LogP contribution in [0.3, 0.4) is 0 Å². The van der Waals surface area contributed by atoms with E-state index in [0.29, 0.717) is 0 Å². The van der Waals surface area contributed by atoms with E-state index in [4.69, 9.17) is 10.5 Å². The molecule has 1 aromatic rings. The van der Waals surface area contributed by atoms with E-state index >= 15 is 0 Å². The van der Waals surface area contributed by atoms with Crippen molar-refractivity contribution in [2.24, 2.45) is 11.7 Å². The van der Waals surface area contributed by atoms with Crippen LogP contribution in [0.5, 0.6) is 5.75 Å². The van der Waals surface area contributed by atoms with E-state index in [1.165, 1.54) is 37.7 Å². The van der Waals surface area contributed by atoms with Gasteiger partial charge in [0, 0.05) is 10.0 Å². The molecule has 0 unspecified atom stereocenters. The summed E-state index contributed by atoms with van der Waals surface area (Å²) in [6.45, 7) is 2.27. The van der Waals surface area contributed by atoms with E-state index in [2.05, 4.69) is 28.9 Å². The number of rotatable bonds is 6. The van der Waals surface area contributed by atoms with Gasteiger partial charge in [-0.25, -0.2) is 0 Å². The van der Waals surface area contributed by atoms with Crippen LogP contribution < -0.4 is 10.5 Å². The smallest absolute Gasteiger partial charge is 0.122 e. The summed E-state index contributed by atoms with van der Waals surface area (Å²) in [5, 5.41) is 0. The second kappa shape index (κ2) is 7.64. The van der Waals surface area contributed by atoms with E-state index in [1.54, 1.807) is 7.11 Å². The number of hydrogen-bond acceptors (Lipinski definition) is 2. The van der Waals surface area contributed by atoms with Gasteiger partial charge >= 0.3 is 0 Å². The Morgan fingerprint density at radius 2 is 2.05 bits per heavy atom. The van der Waals surface area contributed by atoms with Crippen LogP contribution in [-0.2, 0) is 6.42 Å². The molecule has 1 aromatic carbocycles. The summed E-state index contributed by atoms with van der Waals surface area (Å²) in [6, 6.07) is 6.19. The van der Waals surface area contributed by atoms with Crippen LogP contribution in [0.25, 0.3) is 0 Å². The Balaban J connectivity index is 1.98. The third-order valence-corrected chi connectivity index (χ3v) is 5.35. The first-order valence-corrected chi connectivity index (χ1v) is 8.97. The number of halogens is 1. The van der Waals surface area contributed by atoms with E-state index in [9.17, 15) is 0 Å². The van der Waals surface area contributed by atoms with Crippen LogP contribution >= 0.6 is 15.9 Å². The van der Waals surface area contributed by atoms with Crippen molar-refractivity contribution in [3.8, 4) is 5.75 Å². The standard InChI is InChI=1S/C18H28BrNO/c1-3-4-5-14-8-10-18(20,11-9-14)13-15-12-16(19)6-7-17(15)21-2/h6-7,12,14H,3-5,8-11,13,20H2,1-2H3. The fraction of sp³-hybridized carbons (Fsp3) is 0.667. The third kappa shape index (κ3) is 4.72. The second-order valence-electron chi connectivity index (χ2n) is 6.58. The van der Waals surface area contributed by atoms with Crippen LogP contribution in [-0.4, -0.2) is 12.6 Å². The molecule has 2 nitrogen and oxygen atoms in total. The van der Waals surface area contributed by atoms with Gasteiger partial charge in [-0.2, -0.15) is 0 Å². The quantitative estimate of drug-likeness (QED) is 0.773. The number of nitrogens with two attached hydrogens (primary N) is 1. The Morgan fingerprint density at radius 3 is 2.67 bits per heavy atom. The number of unbranched alkanes of at least 4 members (excludes halogenated alkanes) is 1. The SMILES string of the molecule is CCCCC1CCC(N)(Cc2cc(Br)ccc2OC)CC1. The molecule has 1 saturated carbocycles. The minimum atomic E-state index is -0.0587. The lowest BCUT2D eigenvalue weighted by Gasteiger charge is -2.37. The van der Waals surface area contributed by atoms with E-state index < -0.39 is 0 Å². The predicted octanol–water partition coefficient (Wildman–Crippen LogP) is 5.08. The zero-order chi connectivity index (χ0) is 15.3. The first-order chi connectivity index (χ1) is 10.1. The Bertz CT molecular complexity index is 453. The molecule has 0 saturated heterocycles. The molecule has 0 aliphatic heterocycles. The van der Waals surface area contributed by atoms with Gasteiger partial charge in [0.15, 0.2) is 0 Å². The van der Waals surface area contributed by atoms with Gasteiger partial charge in [0.1, 0.15) is 5.75 Å². The third-order valence-electron chi connectivity index (χ3n) is 4.85. The lowest BCUT2D eigenvalue weighted by Crippen LogP contribution is -2.45. The van der Waals surface area contributed by atoms with Gasteiger partial charge in [-0.3, -0.25) is 0 Å². The first kappa shape index (κ1) is 16.8. The van der Waals surface area contributed by atoms with Crippen molar-refractivity contribution in [2.75, 3.05) is 7.11 Å². The van der Waals surface area contributed by atoms with Crippen molar-refractivity contribution >= 4 is 15.9 Å². The highest BCUT2D eigenvalue weighted by Gasteiger charge is 2.32. The fourth-order valence-electron chi connectivity index (χ4n) is 3.48. The minimum Gasteiger partial charge on any atom is -0.496 e. The lowest BCUT2D eigenvalue weighted by molar-refractivity contribution is 0.220. The Kier molecular flexibility index (Phi) is 6.12. The number of hydrogen-bond donors (Lipinski definition) is 1. The minimum absolute atomic E-state index is 0.0587. The van der Waals surface area contributed by atoms with Crippen molar-refractivity contribution in [3.63, 3.8) is 0 Å². The summed E-state index contributed by atoms with van der Waals surface area (Å²) in [5.74, 6) is 1.85. The zero-order valence-corrected chi connectivity index (χ0v) is 14.9. The highest BCUT2D eigenvalue weighted by Crippen LogP contribution is 2.37. The lowest BCUT2D eigenvalue weighted by atomic mass is 9.73. The van der Waals surface area contributed by atoms with Gasteiger partial charge in [0.05, 0.1) is 7.11 Å². The predicted molar refractivity (Wildman–Crippen MR) is 92.8 cm³/mol. The molecule has 0 spiro atoms. The maximum atomic E-state index is 6.68.